The van der Waals surface area contributed by atoms with Crippen molar-refractivity contribution in [3.63, 3.8) is 0 Å². The summed E-state index contributed by atoms with van der Waals surface area (Å²) >= 11 is 0. The van der Waals surface area contributed by atoms with Crippen LogP contribution in [0, 0.1) is 0 Å². The highest BCUT2D eigenvalue weighted by Crippen LogP contribution is 2.37. The molecule has 0 spiro atoms. The topological polar surface area (TPSA) is 84.3 Å². The molecular formula is C10H13FN2O4. The summed E-state index contributed by atoms with van der Waals surface area (Å²) in [7, 11) is 0. The Morgan fingerprint density at radius 2 is 2.18 bits per heavy atom. The number of hydrogen-bond donors (Lipinski definition) is 2. The fourth-order valence-corrected chi connectivity index (χ4v) is 1.82. The van der Waals surface area contributed by atoms with Gasteiger partial charge in [0.1, 0.15) is 6.10 Å². The van der Waals surface area contributed by atoms with Crippen LogP contribution in [0.4, 0.5) is 4.39 Å². The van der Waals surface area contributed by atoms with Crippen LogP contribution >= 0.6 is 0 Å². The Hall–Kier alpha value is -1.47. The van der Waals surface area contributed by atoms with Gasteiger partial charge in [-0.2, -0.15) is 0 Å². The van der Waals surface area contributed by atoms with Crippen molar-refractivity contribution in [3.05, 3.63) is 33.1 Å². The molecule has 2 N–H and O–H groups in total. The van der Waals surface area contributed by atoms with Crippen LogP contribution in [0.25, 0.3) is 0 Å². The first kappa shape index (κ1) is 12.0. The van der Waals surface area contributed by atoms with E-state index in [9.17, 15) is 19.1 Å². The number of H-pyrrole nitrogens is 1. The van der Waals surface area contributed by atoms with E-state index in [1.54, 1.807) is 0 Å². The van der Waals surface area contributed by atoms with E-state index >= 15 is 0 Å². The lowest BCUT2D eigenvalue weighted by Crippen LogP contribution is -2.36. The largest absolute Gasteiger partial charge is 0.387 e. The van der Waals surface area contributed by atoms with Gasteiger partial charge in [0, 0.05) is 12.3 Å². The lowest BCUT2D eigenvalue weighted by atomic mass is 10.0. The predicted molar refractivity (Wildman–Crippen MR) is 56.4 cm³/mol. The first-order chi connectivity index (χ1) is 7.83. The summed E-state index contributed by atoms with van der Waals surface area (Å²) in [5, 5.41) is 9.62. The monoisotopic (exact) mass is 244 g/mol. The van der Waals surface area contributed by atoms with Gasteiger partial charge in [-0.15, -0.1) is 0 Å². The third-order valence-electron chi connectivity index (χ3n) is 2.84. The molecule has 1 fully saturated rings. The number of rotatable bonds is 1. The second-order valence-electron chi connectivity index (χ2n) is 4.52. The molecule has 1 saturated heterocycles. The van der Waals surface area contributed by atoms with Crippen molar-refractivity contribution in [2.45, 2.75) is 38.0 Å². The van der Waals surface area contributed by atoms with E-state index in [1.807, 2.05) is 4.98 Å². The lowest BCUT2D eigenvalue weighted by molar-refractivity contribution is -0.0810. The van der Waals surface area contributed by atoms with Gasteiger partial charge in [0.2, 0.25) is 0 Å². The predicted octanol–water partition coefficient (Wildman–Crippen LogP) is -0.457. The fourth-order valence-electron chi connectivity index (χ4n) is 1.82. The van der Waals surface area contributed by atoms with Gasteiger partial charge in [0.25, 0.3) is 5.56 Å². The molecule has 7 heteroatoms. The molecule has 0 aliphatic carbocycles. The van der Waals surface area contributed by atoms with Gasteiger partial charge in [0.05, 0.1) is 5.60 Å². The normalized spacial score (nSPS) is 31.6. The molecule has 1 aliphatic rings. The van der Waals surface area contributed by atoms with Crippen LogP contribution < -0.4 is 11.2 Å². The molecule has 3 atom stereocenters. The van der Waals surface area contributed by atoms with Crippen LogP contribution in [0.5, 0.6) is 0 Å². The van der Waals surface area contributed by atoms with Crippen molar-refractivity contribution in [1.29, 1.82) is 0 Å². The van der Waals surface area contributed by atoms with Gasteiger partial charge in [-0.05, 0) is 13.8 Å². The molecule has 1 aromatic rings. The standard InChI is InChI=1S/C10H13FN2O4/c1-10(2)7(15)6(11)8(17-10)13-4-3-5(14)12-9(13)16/h3-4,6-8,15H,1-2H3,(H,12,14,16)/t6?,7?,8-/m1/s1. The Labute approximate surface area is 95.7 Å². The maximum atomic E-state index is 13.8. The van der Waals surface area contributed by atoms with Gasteiger partial charge >= 0.3 is 5.69 Å². The van der Waals surface area contributed by atoms with Crippen molar-refractivity contribution in [2.24, 2.45) is 0 Å². The van der Waals surface area contributed by atoms with Crippen molar-refractivity contribution in [1.82, 2.24) is 9.55 Å². The minimum atomic E-state index is -1.73. The van der Waals surface area contributed by atoms with Crippen molar-refractivity contribution in [3.8, 4) is 0 Å². The fraction of sp³-hybridized carbons (Fsp3) is 0.600. The van der Waals surface area contributed by atoms with Crippen molar-refractivity contribution < 1.29 is 14.2 Å². The zero-order chi connectivity index (χ0) is 12.8. The number of nitrogens with zero attached hydrogens (tertiary/aromatic N) is 1. The molecule has 0 saturated carbocycles. The highest BCUT2D eigenvalue weighted by atomic mass is 19.1. The first-order valence-corrected chi connectivity index (χ1v) is 5.14. The molecule has 0 amide bonds. The summed E-state index contributed by atoms with van der Waals surface area (Å²) in [6, 6.07) is 1.09. The van der Waals surface area contributed by atoms with Crippen molar-refractivity contribution in [2.75, 3.05) is 0 Å². The molecule has 0 radical (unpaired) electrons. The number of ether oxygens (including phenoxy) is 1. The first-order valence-electron chi connectivity index (χ1n) is 5.14. The molecule has 2 unspecified atom stereocenters. The molecule has 17 heavy (non-hydrogen) atoms. The number of halogens is 1. The summed E-state index contributed by atoms with van der Waals surface area (Å²) in [6.45, 7) is 3.06. The highest BCUT2D eigenvalue weighted by Gasteiger charge is 2.50. The number of alkyl halides is 1. The summed E-state index contributed by atoms with van der Waals surface area (Å²) in [5.74, 6) is 0. The van der Waals surface area contributed by atoms with E-state index < -0.39 is 35.4 Å². The number of aliphatic hydroxyl groups excluding tert-OH is 1. The minimum absolute atomic E-state index is 0.570. The molecule has 0 aromatic carbocycles. The van der Waals surface area contributed by atoms with E-state index in [0.717, 1.165) is 16.8 Å². The second-order valence-corrected chi connectivity index (χ2v) is 4.52. The smallest absolute Gasteiger partial charge is 0.330 e. The SMILES string of the molecule is CC1(C)O[C@@H](n2ccc(=O)[nH]c2=O)C(F)C1O. The molecule has 1 aliphatic heterocycles. The van der Waals surface area contributed by atoms with Gasteiger partial charge in [0.15, 0.2) is 12.4 Å². The van der Waals surface area contributed by atoms with E-state index in [1.165, 1.54) is 13.8 Å². The molecule has 2 rings (SSSR count). The van der Waals surface area contributed by atoms with Crippen LogP contribution in [0.3, 0.4) is 0 Å². The maximum absolute atomic E-state index is 13.8. The summed E-state index contributed by atoms with van der Waals surface area (Å²) in [5.41, 5.74) is -2.42. The molecule has 6 nitrogen and oxygen atoms in total. The van der Waals surface area contributed by atoms with E-state index in [0.29, 0.717) is 0 Å². The highest BCUT2D eigenvalue weighted by molar-refractivity contribution is 4.97. The number of aromatic nitrogens is 2. The molecule has 2 heterocycles. The minimum Gasteiger partial charge on any atom is -0.387 e. The van der Waals surface area contributed by atoms with Gasteiger partial charge in [-0.3, -0.25) is 14.3 Å². The van der Waals surface area contributed by atoms with Crippen LogP contribution in [0.15, 0.2) is 21.9 Å². The summed E-state index contributed by atoms with van der Waals surface area (Å²) in [6.07, 6.45) is -3.14. The number of nitrogens with one attached hydrogen (secondary N) is 1. The Kier molecular flexibility index (Phi) is 2.67. The zero-order valence-electron chi connectivity index (χ0n) is 9.38. The Balaban J connectivity index is 2.43. The summed E-state index contributed by atoms with van der Waals surface area (Å²) in [4.78, 5) is 24.3. The van der Waals surface area contributed by atoms with Crippen LogP contribution in [0.2, 0.25) is 0 Å². The third kappa shape index (κ3) is 1.91. The Morgan fingerprint density at radius 1 is 1.53 bits per heavy atom. The molecule has 94 valence electrons. The van der Waals surface area contributed by atoms with Crippen LogP contribution in [-0.4, -0.2) is 32.5 Å². The molecule has 0 bridgehead atoms. The molecule has 1 aromatic heterocycles. The Bertz CT molecular complexity index is 536. The number of hydrogen-bond acceptors (Lipinski definition) is 4. The molecular weight excluding hydrogens is 231 g/mol. The van der Waals surface area contributed by atoms with Gasteiger partial charge in [-0.1, -0.05) is 0 Å². The van der Waals surface area contributed by atoms with E-state index in [-0.39, 0.29) is 0 Å². The lowest BCUT2D eigenvalue weighted by Gasteiger charge is -2.21. The number of aromatic amines is 1. The van der Waals surface area contributed by atoms with Crippen LogP contribution in [0.1, 0.15) is 20.1 Å². The Morgan fingerprint density at radius 3 is 2.65 bits per heavy atom. The summed E-state index contributed by atoms with van der Waals surface area (Å²) < 4.78 is 20.0. The quantitative estimate of drug-likeness (QED) is 0.700. The van der Waals surface area contributed by atoms with E-state index in [4.69, 9.17) is 4.74 Å². The average Bonchev–Trinajstić information content (AvgIpc) is 2.42. The van der Waals surface area contributed by atoms with Crippen LogP contribution in [-0.2, 0) is 4.74 Å². The van der Waals surface area contributed by atoms with Gasteiger partial charge in [-0.25, -0.2) is 9.18 Å². The van der Waals surface area contributed by atoms with Gasteiger partial charge < -0.3 is 9.84 Å². The van der Waals surface area contributed by atoms with E-state index in [2.05, 4.69) is 0 Å². The maximum Gasteiger partial charge on any atom is 0.330 e. The average molecular weight is 244 g/mol. The zero-order valence-corrected chi connectivity index (χ0v) is 9.38. The van der Waals surface area contributed by atoms with Crippen molar-refractivity contribution >= 4 is 0 Å². The number of aliphatic hydroxyl groups is 1. The third-order valence-corrected chi connectivity index (χ3v) is 2.84. The second kappa shape index (κ2) is 3.78.